The van der Waals surface area contributed by atoms with Crippen molar-refractivity contribution in [3.8, 4) is 17.3 Å². The third-order valence-corrected chi connectivity index (χ3v) is 5.47. The second-order valence-electron chi connectivity index (χ2n) is 7.68. The first-order valence-corrected chi connectivity index (χ1v) is 10.2. The molecular weight excluding hydrogens is 394 g/mol. The molecule has 0 radical (unpaired) electrons. The number of aliphatic hydroxyl groups is 1. The number of benzene rings is 2. The monoisotopic (exact) mass is 419 g/mol. The Morgan fingerprint density at radius 3 is 2.55 bits per heavy atom. The molecule has 6 heteroatoms. The van der Waals surface area contributed by atoms with Gasteiger partial charge in [0, 0.05) is 17.5 Å². The SMILES string of the molecule is Cc1c(-c2cc3cc(CCNCC(O)c4ccccc4)ccc3o2)oc(=O)c(C)c1O. The summed E-state index contributed by atoms with van der Waals surface area (Å²) in [6.45, 7) is 4.42. The van der Waals surface area contributed by atoms with Gasteiger partial charge in [0.1, 0.15) is 11.3 Å². The van der Waals surface area contributed by atoms with Crippen LogP contribution in [0.15, 0.2) is 68.2 Å². The topological polar surface area (TPSA) is 95.8 Å². The minimum atomic E-state index is -0.581. The van der Waals surface area contributed by atoms with Gasteiger partial charge in [-0.3, -0.25) is 0 Å². The molecule has 1 unspecified atom stereocenters. The van der Waals surface area contributed by atoms with Crippen molar-refractivity contribution >= 4 is 11.0 Å². The summed E-state index contributed by atoms with van der Waals surface area (Å²) in [5.74, 6) is 0.569. The Morgan fingerprint density at radius 1 is 1.00 bits per heavy atom. The summed E-state index contributed by atoms with van der Waals surface area (Å²) in [4.78, 5) is 11.9. The smallest absolute Gasteiger partial charge is 0.343 e. The lowest BCUT2D eigenvalue weighted by Crippen LogP contribution is -2.23. The predicted octanol–water partition coefficient (Wildman–Crippen LogP) is 4.24. The lowest BCUT2D eigenvalue weighted by Gasteiger charge is -2.12. The van der Waals surface area contributed by atoms with Crippen molar-refractivity contribution in [2.45, 2.75) is 26.4 Å². The van der Waals surface area contributed by atoms with E-state index < -0.39 is 11.7 Å². The van der Waals surface area contributed by atoms with Gasteiger partial charge in [-0.25, -0.2) is 4.79 Å². The Bertz CT molecular complexity index is 1260. The highest BCUT2D eigenvalue weighted by Gasteiger charge is 2.18. The number of nitrogens with one attached hydrogen (secondary N) is 1. The maximum absolute atomic E-state index is 11.9. The zero-order valence-corrected chi connectivity index (χ0v) is 17.5. The van der Waals surface area contributed by atoms with Gasteiger partial charge in [0.05, 0.1) is 11.7 Å². The zero-order valence-electron chi connectivity index (χ0n) is 17.5. The Balaban J connectivity index is 1.44. The quantitative estimate of drug-likeness (QED) is 0.388. The molecule has 4 rings (SSSR count). The summed E-state index contributed by atoms with van der Waals surface area (Å²) < 4.78 is 11.2. The van der Waals surface area contributed by atoms with Gasteiger partial charge in [-0.05, 0) is 56.1 Å². The van der Waals surface area contributed by atoms with Crippen LogP contribution in [0.2, 0.25) is 0 Å². The summed E-state index contributed by atoms with van der Waals surface area (Å²) >= 11 is 0. The molecule has 160 valence electrons. The third kappa shape index (κ3) is 4.40. The molecule has 31 heavy (non-hydrogen) atoms. The van der Waals surface area contributed by atoms with E-state index in [1.165, 1.54) is 6.92 Å². The summed E-state index contributed by atoms with van der Waals surface area (Å²) in [5, 5.41) is 24.6. The first-order chi connectivity index (χ1) is 14.9. The molecule has 6 nitrogen and oxygen atoms in total. The summed E-state index contributed by atoms with van der Waals surface area (Å²) in [5.41, 5.74) is 2.76. The molecule has 0 saturated carbocycles. The van der Waals surface area contributed by atoms with Crippen LogP contribution in [-0.4, -0.2) is 23.3 Å². The van der Waals surface area contributed by atoms with E-state index in [0.717, 1.165) is 29.5 Å². The van der Waals surface area contributed by atoms with Gasteiger partial charge in [0.15, 0.2) is 11.5 Å². The molecule has 0 aliphatic carbocycles. The summed E-state index contributed by atoms with van der Waals surface area (Å²) in [7, 11) is 0. The molecule has 0 bridgehead atoms. The standard InChI is InChI=1S/C25H25NO5/c1-15-23(28)16(2)25(29)31-24(15)22-13-19-12-17(8-9-21(19)30-22)10-11-26-14-20(27)18-6-4-3-5-7-18/h3-9,12-13,20,26-28H,10-11,14H2,1-2H3. The number of aliphatic hydroxyl groups excluding tert-OH is 1. The molecule has 0 amide bonds. The van der Waals surface area contributed by atoms with Crippen molar-refractivity contribution in [2.75, 3.05) is 13.1 Å². The number of fused-ring (bicyclic) bond motifs is 1. The van der Waals surface area contributed by atoms with Gasteiger partial charge in [0.25, 0.3) is 0 Å². The van der Waals surface area contributed by atoms with E-state index in [0.29, 0.717) is 23.5 Å². The Morgan fingerprint density at radius 2 is 1.77 bits per heavy atom. The van der Waals surface area contributed by atoms with Gasteiger partial charge in [-0.2, -0.15) is 0 Å². The highest BCUT2D eigenvalue weighted by Crippen LogP contribution is 2.33. The molecule has 2 heterocycles. The second kappa shape index (κ2) is 8.79. The van der Waals surface area contributed by atoms with Crippen LogP contribution in [0.5, 0.6) is 5.75 Å². The number of hydrogen-bond acceptors (Lipinski definition) is 6. The number of furan rings is 1. The largest absolute Gasteiger partial charge is 0.507 e. The van der Waals surface area contributed by atoms with Crippen LogP contribution in [-0.2, 0) is 6.42 Å². The number of hydrogen-bond donors (Lipinski definition) is 3. The van der Waals surface area contributed by atoms with Crippen molar-refractivity contribution < 1.29 is 19.0 Å². The van der Waals surface area contributed by atoms with Crippen molar-refractivity contribution in [1.82, 2.24) is 5.32 Å². The van der Waals surface area contributed by atoms with Crippen LogP contribution in [0.4, 0.5) is 0 Å². The van der Waals surface area contributed by atoms with Crippen LogP contribution in [0, 0.1) is 13.8 Å². The molecule has 0 spiro atoms. The minimum absolute atomic E-state index is 0.0730. The van der Waals surface area contributed by atoms with E-state index in [9.17, 15) is 15.0 Å². The van der Waals surface area contributed by atoms with Crippen LogP contribution >= 0.6 is 0 Å². The number of rotatable bonds is 7. The van der Waals surface area contributed by atoms with Gasteiger partial charge in [-0.1, -0.05) is 36.4 Å². The lowest BCUT2D eigenvalue weighted by molar-refractivity contribution is 0.175. The maximum Gasteiger partial charge on any atom is 0.343 e. The lowest BCUT2D eigenvalue weighted by atomic mass is 10.1. The van der Waals surface area contributed by atoms with E-state index >= 15 is 0 Å². The first kappa shape index (κ1) is 20.9. The van der Waals surface area contributed by atoms with E-state index in [-0.39, 0.29) is 17.1 Å². The van der Waals surface area contributed by atoms with Crippen LogP contribution in [0.3, 0.4) is 0 Å². The molecule has 0 fully saturated rings. The van der Waals surface area contributed by atoms with Crippen molar-refractivity contribution in [3.63, 3.8) is 0 Å². The van der Waals surface area contributed by atoms with E-state index in [1.807, 2.05) is 54.6 Å². The first-order valence-electron chi connectivity index (χ1n) is 10.2. The molecule has 4 aromatic rings. The Labute approximate surface area is 179 Å². The highest BCUT2D eigenvalue weighted by atomic mass is 16.4. The molecule has 3 N–H and O–H groups in total. The van der Waals surface area contributed by atoms with Crippen LogP contribution in [0.25, 0.3) is 22.5 Å². The molecule has 0 aliphatic heterocycles. The highest BCUT2D eigenvalue weighted by molar-refractivity contribution is 5.83. The van der Waals surface area contributed by atoms with Crippen molar-refractivity contribution in [1.29, 1.82) is 0 Å². The van der Waals surface area contributed by atoms with E-state index in [2.05, 4.69) is 5.32 Å². The van der Waals surface area contributed by atoms with E-state index in [1.54, 1.807) is 6.92 Å². The van der Waals surface area contributed by atoms with Gasteiger partial charge < -0.3 is 24.4 Å². The molecule has 1 atom stereocenters. The number of aromatic hydroxyl groups is 1. The normalized spacial score (nSPS) is 12.4. The van der Waals surface area contributed by atoms with E-state index in [4.69, 9.17) is 8.83 Å². The predicted molar refractivity (Wildman–Crippen MR) is 119 cm³/mol. The summed E-state index contributed by atoms with van der Waals surface area (Å²) in [6.07, 6.45) is 0.251. The average Bonchev–Trinajstić information content (AvgIpc) is 3.21. The fraction of sp³-hybridized carbons (Fsp3) is 0.240. The summed E-state index contributed by atoms with van der Waals surface area (Å²) in [6, 6.07) is 17.3. The van der Waals surface area contributed by atoms with Gasteiger partial charge in [-0.15, -0.1) is 0 Å². The van der Waals surface area contributed by atoms with Crippen molar-refractivity contribution in [3.05, 3.63) is 87.3 Å². The molecule has 2 aromatic carbocycles. The second-order valence-corrected chi connectivity index (χ2v) is 7.68. The molecular formula is C25H25NO5. The molecule has 0 aliphatic rings. The fourth-order valence-corrected chi connectivity index (χ4v) is 3.59. The van der Waals surface area contributed by atoms with Crippen LogP contribution in [0.1, 0.15) is 28.4 Å². The zero-order chi connectivity index (χ0) is 22.0. The van der Waals surface area contributed by atoms with Gasteiger partial charge >= 0.3 is 5.63 Å². The maximum atomic E-state index is 11.9. The Hall–Kier alpha value is -3.35. The fourth-order valence-electron chi connectivity index (χ4n) is 3.59. The van der Waals surface area contributed by atoms with Crippen LogP contribution < -0.4 is 10.9 Å². The van der Waals surface area contributed by atoms with Gasteiger partial charge in [0.2, 0.25) is 0 Å². The average molecular weight is 419 g/mol. The third-order valence-electron chi connectivity index (χ3n) is 5.47. The molecule has 2 aromatic heterocycles. The molecule has 0 saturated heterocycles. The van der Waals surface area contributed by atoms with Crippen molar-refractivity contribution in [2.24, 2.45) is 0 Å². The minimum Gasteiger partial charge on any atom is -0.507 e. The Kier molecular flexibility index (Phi) is 5.93.